The Morgan fingerprint density at radius 2 is 2.00 bits per heavy atom. The number of carboxylic acids is 1. The molecule has 0 aromatic carbocycles. The molecule has 19 heavy (non-hydrogen) atoms. The molecule has 3 heterocycles. The van der Waals surface area contributed by atoms with E-state index in [1.807, 2.05) is 0 Å². The molecule has 3 aromatic heterocycles. The number of halogens is 1. The number of rotatable bonds is 2. The molecule has 0 aliphatic carbocycles. The summed E-state index contributed by atoms with van der Waals surface area (Å²) in [5, 5.41) is 8.91. The van der Waals surface area contributed by atoms with E-state index in [2.05, 4.69) is 9.97 Å². The van der Waals surface area contributed by atoms with E-state index in [0.29, 0.717) is 17.0 Å². The van der Waals surface area contributed by atoms with E-state index in [1.165, 1.54) is 24.4 Å². The van der Waals surface area contributed by atoms with Gasteiger partial charge >= 0.3 is 5.97 Å². The van der Waals surface area contributed by atoms with Crippen LogP contribution in [-0.2, 0) is 0 Å². The van der Waals surface area contributed by atoms with Crippen molar-refractivity contribution in [3.63, 3.8) is 0 Å². The molecule has 0 saturated heterocycles. The molecule has 1 N–H and O–H groups in total. The van der Waals surface area contributed by atoms with Gasteiger partial charge in [0.05, 0.1) is 17.5 Å². The third-order valence-corrected chi connectivity index (χ3v) is 2.69. The summed E-state index contributed by atoms with van der Waals surface area (Å²) in [5.41, 5.74) is 1.86. The Morgan fingerprint density at radius 3 is 2.68 bits per heavy atom. The average molecular weight is 257 g/mol. The van der Waals surface area contributed by atoms with E-state index in [0.717, 1.165) is 6.20 Å². The fraction of sp³-hybridized carbons (Fsp3) is 0. The minimum atomic E-state index is -1.00. The fourth-order valence-electron chi connectivity index (χ4n) is 1.77. The van der Waals surface area contributed by atoms with Gasteiger partial charge < -0.3 is 9.51 Å². The van der Waals surface area contributed by atoms with Crippen molar-refractivity contribution in [3.05, 3.63) is 54.2 Å². The number of hydrogen-bond acceptors (Lipinski definition) is 3. The molecular formula is C13H8FN3O2. The van der Waals surface area contributed by atoms with E-state index >= 15 is 0 Å². The second kappa shape index (κ2) is 4.16. The Labute approximate surface area is 107 Å². The predicted octanol–water partition coefficient (Wildman–Crippen LogP) is 2.23. The summed E-state index contributed by atoms with van der Waals surface area (Å²) in [5.74, 6) is -1.42. The van der Waals surface area contributed by atoms with Crippen molar-refractivity contribution in [1.82, 2.24) is 14.4 Å². The molecular weight excluding hydrogens is 249 g/mol. The highest BCUT2D eigenvalue weighted by molar-refractivity contribution is 5.87. The second-order valence-electron chi connectivity index (χ2n) is 3.98. The minimum absolute atomic E-state index is 0.170. The highest BCUT2D eigenvalue weighted by Gasteiger charge is 2.08. The quantitative estimate of drug-likeness (QED) is 0.764. The van der Waals surface area contributed by atoms with Gasteiger partial charge in [0.2, 0.25) is 0 Å². The smallest absolute Gasteiger partial charge is 0.337 e. The largest absolute Gasteiger partial charge is 0.478 e. The zero-order chi connectivity index (χ0) is 13.4. The van der Waals surface area contributed by atoms with Crippen LogP contribution in [0, 0.1) is 5.82 Å². The molecule has 0 aliphatic heterocycles. The van der Waals surface area contributed by atoms with Crippen LogP contribution in [0.15, 0.2) is 42.9 Å². The van der Waals surface area contributed by atoms with Gasteiger partial charge in [0, 0.05) is 12.4 Å². The van der Waals surface area contributed by atoms with Gasteiger partial charge in [-0.25, -0.2) is 14.2 Å². The normalized spacial score (nSPS) is 10.8. The second-order valence-corrected chi connectivity index (χ2v) is 3.98. The summed E-state index contributed by atoms with van der Waals surface area (Å²) in [4.78, 5) is 19.1. The molecule has 94 valence electrons. The Balaban J connectivity index is 2.11. The van der Waals surface area contributed by atoms with Gasteiger partial charge in [-0.3, -0.25) is 4.98 Å². The van der Waals surface area contributed by atoms with E-state index < -0.39 is 11.8 Å². The zero-order valence-corrected chi connectivity index (χ0v) is 9.62. The van der Waals surface area contributed by atoms with Crippen LogP contribution in [0.1, 0.15) is 10.4 Å². The first-order valence-corrected chi connectivity index (χ1v) is 5.47. The van der Waals surface area contributed by atoms with Crippen LogP contribution < -0.4 is 0 Å². The van der Waals surface area contributed by atoms with Crippen LogP contribution in [0.2, 0.25) is 0 Å². The number of carboxylic acid groups (broad SMARTS) is 1. The number of imidazole rings is 1. The van der Waals surface area contributed by atoms with Crippen molar-refractivity contribution in [2.75, 3.05) is 0 Å². The Hall–Kier alpha value is -2.76. The summed E-state index contributed by atoms with van der Waals surface area (Å²) >= 11 is 0. The topological polar surface area (TPSA) is 67.5 Å². The third-order valence-electron chi connectivity index (χ3n) is 2.69. The van der Waals surface area contributed by atoms with Crippen molar-refractivity contribution < 1.29 is 14.3 Å². The van der Waals surface area contributed by atoms with Crippen LogP contribution >= 0.6 is 0 Å². The van der Waals surface area contributed by atoms with Crippen LogP contribution in [-0.4, -0.2) is 25.4 Å². The van der Waals surface area contributed by atoms with Gasteiger partial charge in [-0.05, 0) is 24.3 Å². The standard InChI is InChI=1S/C13H8FN3O2/c14-9-2-3-10(15-5-9)11-7-17-6-8(13(18)19)1-4-12(17)16-11/h1-7H,(H,18,19). The highest BCUT2D eigenvalue weighted by Crippen LogP contribution is 2.17. The minimum Gasteiger partial charge on any atom is -0.478 e. The first-order valence-electron chi connectivity index (χ1n) is 5.47. The molecule has 0 atom stereocenters. The number of hydrogen-bond donors (Lipinski definition) is 1. The first-order chi connectivity index (χ1) is 9.13. The number of aromatic carboxylic acids is 1. The summed E-state index contributed by atoms with van der Waals surface area (Å²) in [7, 11) is 0. The molecule has 5 nitrogen and oxygen atoms in total. The van der Waals surface area contributed by atoms with E-state index in [9.17, 15) is 9.18 Å². The maximum Gasteiger partial charge on any atom is 0.337 e. The third kappa shape index (κ3) is 2.03. The summed E-state index contributed by atoms with van der Waals surface area (Å²) in [6, 6.07) is 5.91. The van der Waals surface area contributed by atoms with Gasteiger partial charge in [0.1, 0.15) is 17.2 Å². The Kier molecular flexibility index (Phi) is 2.49. The van der Waals surface area contributed by atoms with Crippen LogP contribution in [0.4, 0.5) is 4.39 Å². The average Bonchev–Trinajstić information content (AvgIpc) is 2.82. The molecule has 0 spiro atoms. The lowest BCUT2D eigenvalue weighted by molar-refractivity contribution is 0.0696. The maximum absolute atomic E-state index is 12.8. The predicted molar refractivity (Wildman–Crippen MR) is 65.3 cm³/mol. The number of nitrogens with zero attached hydrogens (tertiary/aromatic N) is 3. The summed E-state index contributed by atoms with van der Waals surface area (Å²) in [6.45, 7) is 0. The van der Waals surface area contributed by atoms with E-state index in [4.69, 9.17) is 5.11 Å². The lowest BCUT2D eigenvalue weighted by Gasteiger charge is -1.95. The first kappa shape index (κ1) is 11.3. The number of pyridine rings is 2. The molecule has 0 radical (unpaired) electrons. The molecule has 0 unspecified atom stereocenters. The molecule has 0 fully saturated rings. The fourth-order valence-corrected chi connectivity index (χ4v) is 1.77. The lowest BCUT2D eigenvalue weighted by Crippen LogP contribution is -1.97. The van der Waals surface area contributed by atoms with Gasteiger partial charge in [0.25, 0.3) is 0 Å². The van der Waals surface area contributed by atoms with Crippen LogP contribution in [0.3, 0.4) is 0 Å². The SMILES string of the molecule is O=C(O)c1ccc2nc(-c3ccc(F)cn3)cn2c1. The van der Waals surface area contributed by atoms with Gasteiger partial charge in [0.15, 0.2) is 0 Å². The molecule has 0 amide bonds. The molecule has 0 saturated carbocycles. The van der Waals surface area contributed by atoms with Crippen LogP contribution in [0.25, 0.3) is 17.0 Å². The maximum atomic E-state index is 12.8. The molecule has 6 heteroatoms. The van der Waals surface area contributed by atoms with Crippen molar-refractivity contribution >= 4 is 11.6 Å². The van der Waals surface area contributed by atoms with E-state index in [-0.39, 0.29) is 5.56 Å². The number of aromatic nitrogens is 3. The molecule has 3 rings (SSSR count). The molecule has 0 aliphatic rings. The van der Waals surface area contributed by atoms with Gasteiger partial charge in [-0.2, -0.15) is 0 Å². The monoisotopic (exact) mass is 257 g/mol. The van der Waals surface area contributed by atoms with Crippen molar-refractivity contribution in [3.8, 4) is 11.4 Å². The van der Waals surface area contributed by atoms with Gasteiger partial charge in [-0.15, -0.1) is 0 Å². The van der Waals surface area contributed by atoms with Crippen molar-refractivity contribution in [2.45, 2.75) is 0 Å². The van der Waals surface area contributed by atoms with E-state index in [1.54, 1.807) is 16.7 Å². The lowest BCUT2D eigenvalue weighted by atomic mass is 10.3. The van der Waals surface area contributed by atoms with Crippen LogP contribution in [0.5, 0.6) is 0 Å². The zero-order valence-electron chi connectivity index (χ0n) is 9.62. The Bertz CT molecular complexity index is 765. The number of carbonyl (C=O) groups is 1. The van der Waals surface area contributed by atoms with Crippen molar-refractivity contribution in [1.29, 1.82) is 0 Å². The van der Waals surface area contributed by atoms with Gasteiger partial charge in [-0.1, -0.05) is 0 Å². The summed E-state index contributed by atoms with van der Waals surface area (Å²) < 4.78 is 14.4. The Morgan fingerprint density at radius 1 is 1.16 bits per heavy atom. The molecule has 0 bridgehead atoms. The van der Waals surface area contributed by atoms with Crippen molar-refractivity contribution in [2.24, 2.45) is 0 Å². The highest BCUT2D eigenvalue weighted by atomic mass is 19.1. The number of fused-ring (bicyclic) bond motifs is 1. The summed E-state index contributed by atoms with van der Waals surface area (Å²) in [6.07, 6.45) is 4.24. The molecule has 3 aromatic rings.